The molecule has 4 aliphatic heterocycles. The van der Waals surface area contributed by atoms with Crippen LogP contribution < -0.4 is 107 Å². The lowest BCUT2D eigenvalue weighted by Crippen LogP contribution is -2.35. The fraction of sp³-hybridized carbons (Fsp3) is 0.200. The summed E-state index contributed by atoms with van der Waals surface area (Å²) in [4.78, 5) is 122. The highest BCUT2D eigenvalue weighted by Gasteiger charge is 2.42. The highest BCUT2D eigenvalue weighted by atomic mass is 79.9. The van der Waals surface area contributed by atoms with Gasteiger partial charge >= 0.3 is 30.1 Å². The number of hydrogen-bond acceptors (Lipinski definition) is 34. The normalized spacial score (nSPS) is 16.6. The maximum absolute atomic E-state index is 13.8. The Kier molecular flexibility index (Phi) is 33.4. The van der Waals surface area contributed by atoms with Crippen molar-refractivity contribution in [1.82, 2.24) is 39.1 Å². The van der Waals surface area contributed by atoms with Gasteiger partial charge in [0.15, 0.2) is 72.8 Å². The average Bonchev–Trinajstić information content (AvgIpc) is 0.767. The number of rotatable bonds is 31. The average molecular weight is 2280 g/mol. The lowest BCUT2D eigenvalue weighted by Gasteiger charge is -2.25. The molecule has 0 saturated heterocycles. The molecular formula is C95H91BrClFN20O24P4S4. The van der Waals surface area contributed by atoms with Crippen molar-refractivity contribution < 1.29 is 100 Å². The van der Waals surface area contributed by atoms with Gasteiger partial charge < -0.3 is 102 Å². The summed E-state index contributed by atoms with van der Waals surface area (Å²) in [7, 11) is -14.2. The van der Waals surface area contributed by atoms with Crippen molar-refractivity contribution in [2.24, 2.45) is 53.3 Å². The van der Waals surface area contributed by atoms with Crippen LogP contribution in [0.3, 0.4) is 0 Å². The van der Waals surface area contributed by atoms with Crippen LogP contribution in [-0.2, 0) is 72.7 Å². The standard InChI is InChI=1S/C24H19BrN5O6PS.C24H18ClFN5O6PS.C24H28N5O6PS.C23H26N5O6PS/c25-14-4-1-3-13(9-14)11-30-24(33)20(22(32)21(28-30)18-5-2-8-38-18)23-27-16-7-6-15(36-12-19(26)31)10-17(16)37(34,35)29-23;25-14-8-12(3-5-15(14)26)10-31-24(34)20(22(33)21(29-31)18-2-1-7-39-18)23-28-16-6-4-13(37-11-19(27)32)9-17(16)38(35,36)30-23;1-24(2,3)9-10-29-23(32)19(21(31)20(27-29)17-6-5-11-37-17)22-26-15-8-7-14(35-13-18(25)30)12-16(15)36(33,28-22)34-4;1-13(2)8-9-28-23(31)19(21(30)20(26-28)17-5-4-10-36-17)22-25-15-7-6-14(34-12-18(24)29)11-16(15)35(32,27-22)33-3/h1-10,32H,11-12H2,(H2,26,31)(H2,27,29,34,35);1-9,33H,10-11H2,(H2,27,32)(H2,28,30,35,36);5-8,11-12,31H,9-10,13H2,1-4H3,(H2,25,30)(H,26,28,33);4-7,10-11,13,30H,8-9,12H2,1-3H3,(H2,24,29)(H,25,27,32). The van der Waals surface area contributed by atoms with Gasteiger partial charge in [-0.3, -0.25) is 56.6 Å². The number of nitrogens with zero attached hydrogens (tertiary/aromatic N) is 12. The highest BCUT2D eigenvalue weighted by molar-refractivity contribution is 9.10. The van der Waals surface area contributed by atoms with Gasteiger partial charge in [0, 0.05) is 31.8 Å². The van der Waals surface area contributed by atoms with Crippen molar-refractivity contribution in [3.05, 3.63) is 275 Å². The Balaban J connectivity index is 0.000000149. The van der Waals surface area contributed by atoms with Gasteiger partial charge in [0.2, 0.25) is 0 Å². The van der Waals surface area contributed by atoms with Gasteiger partial charge in [-0.1, -0.05) is 105 Å². The second-order valence-electron chi connectivity index (χ2n) is 34.6. The third-order valence-electron chi connectivity index (χ3n) is 22.1. The van der Waals surface area contributed by atoms with E-state index in [9.17, 15) is 91.2 Å². The quantitative estimate of drug-likeness (QED) is 0.0179. The number of fused-ring (bicyclic) bond motifs is 4. The largest absolute Gasteiger partial charge is 0.505 e. The van der Waals surface area contributed by atoms with E-state index in [0.717, 1.165) is 20.8 Å². The first-order chi connectivity index (χ1) is 71.2. The molecule has 0 bridgehead atoms. The molecule has 0 radical (unpaired) electrons. The van der Waals surface area contributed by atoms with E-state index in [1.54, 1.807) is 71.4 Å². The summed E-state index contributed by atoms with van der Waals surface area (Å²) in [5.74, 6) is -4.95. The number of aryl methyl sites for hydroxylation is 2. The van der Waals surface area contributed by atoms with Crippen LogP contribution in [0, 0.1) is 17.2 Å². The molecule has 18 N–H and O–H groups in total. The molecule has 4 unspecified atom stereocenters. The number of hydrogen-bond donors (Lipinski definition) is 14. The van der Waals surface area contributed by atoms with Crippen molar-refractivity contribution in [1.29, 1.82) is 0 Å². The molecule has 4 atom stereocenters. The van der Waals surface area contributed by atoms with Crippen LogP contribution in [0.25, 0.3) is 42.3 Å². The summed E-state index contributed by atoms with van der Waals surface area (Å²) >= 11 is 14.6. The van der Waals surface area contributed by atoms with Crippen LogP contribution in [-0.4, -0.2) is 157 Å². The molecule has 4 amide bonds. The van der Waals surface area contributed by atoms with Crippen molar-refractivity contribution >= 4 is 194 Å². The van der Waals surface area contributed by atoms with Gasteiger partial charge in [0.25, 0.3) is 45.9 Å². The predicted octanol–water partition coefficient (Wildman–Crippen LogP) is 12.3. The lowest BCUT2D eigenvalue weighted by atomic mass is 9.92. The van der Waals surface area contributed by atoms with E-state index in [-0.39, 0.29) is 167 Å². The van der Waals surface area contributed by atoms with E-state index in [1.807, 2.05) is 61.0 Å². The summed E-state index contributed by atoms with van der Waals surface area (Å²) in [6.45, 7) is 9.23. The van der Waals surface area contributed by atoms with Crippen molar-refractivity contribution in [2.45, 2.75) is 73.6 Å². The first kappa shape index (κ1) is 109. The first-order valence-electron chi connectivity index (χ1n) is 44.6. The number of aromatic hydroxyl groups is 4. The molecule has 0 saturated carbocycles. The number of nitrogens with two attached hydrogens (primary N) is 4. The molecule has 18 rings (SSSR count). The predicted molar refractivity (Wildman–Crippen MR) is 574 cm³/mol. The lowest BCUT2D eigenvalue weighted by molar-refractivity contribution is -0.120. The van der Waals surface area contributed by atoms with Crippen LogP contribution in [0.2, 0.25) is 5.02 Å². The number of ether oxygens (including phenoxy) is 4. The molecular weight excluding hydrogens is 2190 g/mol. The number of carbonyl (C=O) groups excluding carboxylic acids is 4. The van der Waals surface area contributed by atoms with Crippen LogP contribution in [0.1, 0.15) is 80.8 Å². The van der Waals surface area contributed by atoms with Gasteiger partial charge in [-0.2, -0.15) is 39.4 Å². The Labute approximate surface area is 879 Å². The first-order valence-corrected chi connectivity index (χ1v) is 55.7. The van der Waals surface area contributed by atoms with E-state index in [2.05, 4.69) is 97.4 Å². The Morgan fingerprint density at radius 2 is 0.747 bits per heavy atom. The maximum atomic E-state index is 13.8. The number of primary amides is 4. The van der Waals surface area contributed by atoms with Gasteiger partial charge in [-0.05, 0) is 178 Å². The van der Waals surface area contributed by atoms with Gasteiger partial charge in [0.05, 0.1) is 81.6 Å². The molecule has 4 aliphatic rings. The summed E-state index contributed by atoms with van der Waals surface area (Å²) < 4.78 is 121. The molecule has 14 aromatic rings. The number of nitrogens with one attached hydrogen (secondary N) is 4. The monoisotopic (exact) mass is 2280 g/mol. The number of amides is 4. The molecule has 0 aliphatic carbocycles. The fourth-order valence-electron chi connectivity index (χ4n) is 14.9. The van der Waals surface area contributed by atoms with E-state index >= 15 is 0 Å². The molecule has 12 heterocycles. The van der Waals surface area contributed by atoms with Gasteiger partial charge in [-0.25, -0.2) is 23.1 Å². The number of aromatic nitrogens is 8. The van der Waals surface area contributed by atoms with Crippen LogP contribution in [0.15, 0.2) is 228 Å². The number of anilines is 4. The van der Waals surface area contributed by atoms with Crippen LogP contribution in [0.4, 0.5) is 27.1 Å². The number of thiophene rings is 4. The van der Waals surface area contributed by atoms with Crippen molar-refractivity contribution in [3.63, 3.8) is 0 Å². The summed E-state index contributed by atoms with van der Waals surface area (Å²) in [6, 6.07) is 42.7. The number of halogens is 3. The zero-order chi connectivity index (χ0) is 108. The minimum Gasteiger partial charge on any atom is -0.505 e. The molecule has 0 spiro atoms. The van der Waals surface area contributed by atoms with Gasteiger partial charge in [-0.15, -0.1) is 45.3 Å². The highest BCUT2D eigenvalue weighted by Crippen LogP contribution is 2.56. The third kappa shape index (κ3) is 25.0. The van der Waals surface area contributed by atoms with Gasteiger partial charge in [0.1, 0.15) is 73.8 Å². The zero-order valence-electron chi connectivity index (χ0n) is 79.8. The topological polar surface area (TPSA) is 655 Å². The SMILES string of the molecule is COP1(=O)N=C(c2c(O)c(-c3cccs3)nn(CCC(C)(C)C)c2=O)Nc2ccc(OCC(N)=O)cc21.COP1(=O)N=C(c2c(O)c(-c3cccs3)nn(CCC(C)C)c2=O)Nc2ccc(OCC(N)=O)cc21.NC(=O)COc1ccc2c(c1)P(=O)(O)N=C(c1c(O)c(-c3cccs3)nn(Cc3ccc(F)c(Cl)c3)c1=O)N2.NC(=O)COc1ccc2c(c1)P(=O)(O)N=C(c1c(O)c(-c3cccs3)nn(Cc3cccc(Br)c3)c1=O)N2. The second kappa shape index (κ2) is 45.8. The number of carbonyl (C=O) groups is 4. The second-order valence-corrected chi connectivity index (χ2v) is 47.4. The molecule has 780 valence electrons. The Morgan fingerprint density at radius 1 is 0.433 bits per heavy atom. The Hall–Kier alpha value is -14.7. The molecule has 8 aromatic heterocycles. The molecule has 150 heavy (non-hydrogen) atoms. The van der Waals surface area contributed by atoms with E-state index in [0.29, 0.717) is 68.3 Å². The number of amidine groups is 4. The van der Waals surface area contributed by atoms with E-state index in [4.69, 9.17) is 62.5 Å². The summed E-state index contributed by atoms with van der Waals surface area (Å²) in [5.41, 5.74) is 19.5. The molecule has 0 fully saturated rings. The third-order valence-corrected chi connectivity index (χ3v) is 33.2. The zero-order valence-corrected chi connectivity index (χ0v) is 89.0. The van der Waals surface area contributed by atoms with Crippen LogP contribution >= 0.6 is 103 Å². The maximum Gasteiger partial charge on any atom is 0.348 e. The number of benzene rings is 6. The smallest absolute Gasteiger partial charge is 0.348 e. The minimum atomic E-state index is -4.49. The fourth-order valence-corrected chi connectivity index (χ4v) is 23.9. The molecule has 6 aromatic carbocycles. The minimum absolute atomic E-state index is 0.0334. The summed E-state index contributed by atoms with van der Waals surface area (Å²) in [6.07, 6.45) is 1.34. The Morgan fingerprint density at radius 3 is 1.05 bits per heavy atom. The molecule has 55 heteroatoms. The van der Waals surface area contributed by atoms with Crippen molar-refractivity contribution in [3.8, 4) is 88.3 Å². The summed E-state index contributed by atoms with van der Waals surface area (Å²) in [5, 5.41) is 81.2. The van der Waals surface area contributed by atoms with E-state index in [1.165, 1.54) is 134 Å². The Bertz CT molecular complexity index is 8270. The molecule has 44 nitrogen and oxygen atoms in total. The van der Waals surface area contributed by atoms with E-state index < -0.39 is 112 Å². The van der Waals surface area contributed by atoms with Crippen molar-refractivity contribution in [2.75, 3.05) is 61.9 Å². The van der Waals surface area contributed by atoms with Crippen LogP contribution in [0.5, 0.6) is 46.0 Å².